The number of hydrogen-bond donors (Lipinski definition) is 1. The van der Waals surface area contributed by atoms with Crippen molar-refractivity contribution in [3.8, 4) is 0 Å². The topological polar surface area (TPSA) is 37.8 Å². The zero-order valence-corrected chi connectivity index (χ0v) is 11.0. The second-order valence-corrected chi connectivity index (χ2v) is 4.39. The molecule has 1 aromatic heterocycles. The van der Waals surface area contributed by atoms with Crippen LogP contribution < -0.4 is 5.32 Å². The Labute approximate surface area is 109 Å². The van der Waals surface area contributed by atoms with Gasteiger partial charge in [-0.05, 0) is 26.7 Å². The highest BCUT2D eigenvalue weighted by Crippen LogP contribution is 2.22. The molecule has 0 aromatic carbocycles. The molecule has 0 bridgehead atoms. The lowest BCUT2D eigenvalue weighted by molar-refractivity contribution is -0.135. The fourth-order valence-corrected chi connectivity index (χ4v) is 1.58. The Hall–Kier alpha value is -1.04. The van der Waals surface area contributed by atoms with Crippen LogP contribution in [0.3, 0.4) is 0 Å². The molecule has 7 heteroatoms. The smallest absolute Gasteiger partial charge is 0.368 e. The summed E-state index contributed by atoms with van der Waals surface area (Å²) in [5.41, 5.74) is 1.49. The van der Waals surface area contributed by atoms with Crippen molar-refractivity contribution in [2.24, 2.45) is 0 Å². The lowest BCUT2D eigenvalue weighted by Crippen LogP contribution is -2.10. The quantitative estimate of drug-likeness (QED) is 0.832. The van der Waals surface area contributed by atoms with Crippen LogP contribution in [0.5, 0.6) is 0 Å². The van der Waals surface area contributed by atoms with Gasteiger partial charge < -0.3 is 5.32 Å². The van der Waals surface area contributed by atoms with Crippen molar-refractivity contribution in [3.05, 3.63) is 16.5 Å². The van der Waals surface area contributed by atoms with Gasteiger partial charge in [0, 0.05) is 13.0 Å². The Balaban J connectivity index is 2.38. The van der Waals surface area contributed by atoms with Gasteiger partial charge >= 0.3 is 6.18 Å². The van der Waals surface area contributed by atoms with Crippen LogP contribution in [0.15, 0.2) is 0 Å². The van der Waals surface area contributed by atoms with Crippen molar-refractivity contribution in [2.75, 3.05) is 11.9 Å². The van der Waals surface area contributed by atoms with Crippen LogP contribution in [0, 0.1) is 13.8 Å². The zero-order chi connectivity index (χ0) is 13.8. The second kappa shape index (κ2) is 6.22. The average molecular weight is 282 g/mol. The molecule has 0 unspecified atom stereocenters. The molecule has 0 aliphatic rings. The zero-order valence-electron chi connectivity index (χ0n) is 10.2. The van der Waals surface area contributed by atoms with E-state index >= 15 is 0 Å². The third-order valence-electron chi connectivity index (χ3n) is 2.44. The summed E-state index contributed by atoms with van der Waals surface area (Å²) in [6.45, 7) is 3.99. The van der Waals surface area contributed by atoms with Gasteiger partial charge in [-0.2, -0.15) is 13.2 Å². The summed E-state index contributed by atoms with van der Waals surface area (Å²) in [6.07, 6.45) is -4.35. The minimum atomic E-state index is -4.09. The van der Waals surface area contributed by atoms with Crippen LogP contribution in [0.2, 0.25) is 5.15 Å². The van der Waals surface area contributed by atoms with Crippen LogP contribution in [0.4, 0.5) is 19.0 Å². The van der Waals surface area contributed by atoms with Gasteiger partial charge in [-0.15, -0.1) is 0 Å². The van der Waals surface area contributed by atoms with Crippen molar-refractivity contribution in [1.82, 2.24) is 9.97 Å². The van der Waals surface area contributed by atoms with Gasteiger partial charge in [0.05, 0.1) is 11.4 Å². The van der Waals surface area contributed by atoms with Crippen molar-refractivity contribution >= 4 is 17.4 Å². The highest BCUT2D eigenvalue weighted by atomic mass is 35.5. The second-order valence-electron chi connectivity index (χ2n) is 4.03. The molecular weight excluding hydrogens is 267 g/mol. The maximum Gasteiger partial charge on any atom is 0.389 e. The number of anilines is 1. The first-order valence-corrected chi connectivity index (χ1v) is 5.99. The number of hydrogen-bond acceptors (Lipinski definition) is 3. The molecular formula is C11H15ClF3N3. The molecule has 1 N–H and O–H groups in total. The van der Waals surface area contributed by atoms with E-state index in [1.54, 1.807) is 13.8 Å². The third-order valence-corrected chi connectivity index (χ3v) is 2.71. The highest BCUT2D eigenvalue weighted by molar-refractivity contribution is 6.31. The van der Waals surface area contributed by atoms with Crippen LogP contribution in [0.1, 0.15) is 30.7 Å². The molecule has 0 aliphatic heterocycles. The van der Waals surface area contributed by atoms with Crippen molar-refractivity contribution in [2.45, 2.75) is 39.3 Å². The van der Waals surface area contributed by atoms with E-state index < -0.39 is 12.6 Å². The summed E-state index contributed by atoms with van der Waals surface area (Å²) >= 11 is 5.87. The van der Waals surface area contributed by atoms with E-state index in [-0.39, 0.29) is 11.6 Å². The molecule has 102 valence electrons. The molecule has 0 saturated heterocycles. The molecule has 0 fully saturated rings. The van der Waals surface area contributed by atoms with Crippen molar-refractivity contribution in [3.63, 3.8) is 0 Å². The van der Waals surface area contributed by atoms with Crippen LogP contribution in [-0.2, 0) is 0 Å². The van der Waals surface area contributed by atoms with E-state index in [0.717, 1.165) is 11.4 Å². The minimum Gasteiger partial charge on any atom is -0.368 e. The molecule has 0 radical (unpaired) electrons. The Bertz CT molecular complexity index is 407. The van der Waals surface area contributed by atoms with Gasteiger partial charge in [-0.1, -0.05) is 11.6 Å². The Morgan fingerprint density at radius 3 is 2.33 bits per heavy atom. The predicted octanol–water partition coefficient (Wildman–Crippen LogP) is 3.89. The molecule has 3 nitrogen and oxygen atoms in total. The number of aromatic nitrogens is 2. The Morgan fingerprint density at radius 1 is 1.11 bits per heavy atom. The molecule has 0 atom stereocenters. The van der Waals surface area contributed by atoms with Gasteiger partial charge in [0.25, 0.3) is 0 Å². The number of nitrogens with zero attached hydrogens (tertiary/aromatic N) is 2. The number of alkyl halides is 3. The number of unbranched alkanes of at least 4 members (excludes halogenated alkanes) is 1. The van der Waals surface area contributed by atoms with Gasteiger partial charge in [-0.3, -0.25) is 0 Å². The first kappa shape index (κ1) is 15.0. The van der Waals surface area contributed by atoms with E-state index in [1.165, 1.54) is 0 Å². The van der Waals surface area contributed by atoms with Gasteiger partial charge in [0.2, 0.25) is 0 Å². The summed E-state index contributed by atoms with van der Waals surface area (Å²) in [7, 11) is 0. The maximum absolute atomic E-state index is 11.9. The number of aryl methyl sites for hydroxylation is 2. The van der Waals surface area contributed by atoms with Crippen LogP contribution in [0.25, 0.3) is 0 Å². The lowest BCUT2D eigenvalue weighted by atomic mass is 10.2. The van der Waals surface area contributed by atoms with Crippen molar-refractivity contribution in [1.29, 1.82) is 0 Å². The van der Waals surface area contributed by atoms with E-state index in [1.807, 2.05) is 0 Å². The Morgan fingerprint density at radius 2 is 1.72 bits per heavy atom. The van der Waals surface area contributed by atoms with Crippen molar-refractivity contribution < 1.29 is 13.2 Å². The van der Waals surface area contributed by atoms with Crippen LogP contribution >= 0.6 is 11.6 Å². The standard InChI is InChI=1S/C11H15ClF3N3/c1-7-8(2)18-10(9(12)17-7)16-6-4-3-5-11(13,14)15/h3-6H2,1-2H3,(H,16,18). The molecule has 1 rings (SSSR count). The summed E-state index contributed by atoms with van der Waals surface area (Å²) in [5, 5.41) is 3.14. The first-order valence-electron chi connectivity index (χ1n) is 5.61. The van der Waals surface area contributed by atoms with Crippen LogP contribution in [-0.4, -0.2) is 22.7 Å². The number of rotatable bonds is 5. The average Bonchev–Trinajstić information content (AvgIpc) is 2.23. The summed E-state index contributed by atoms with van der Waals surface area (Å²) in [4.78, 5) is 8.26. The minimum absolute atomic E-state index is 0.0897. The lowest BCUT2D eigenvalue weighted by Gasteiger charge is -2.09. The number of halogens is 4. The normalized spacial score (nSPS) is 11.7. The molecule has 1 heterocycles. The fourth-order valence-electron chi connectivity index (χ4n) is 1.35. The molecule has 18 heavy (non-hydrogen) atoms. The van der Waals surface area contributed by atoms with E-state index in [2.05, 4.69) is 15.3 Å². The summed E-state index contributed by atoms with van der Waals surface area (Å²) < 4.78 is 35.7. The highest BCUT2D eigenvalue weighted by Gasteiger charge is 2.25. The maximum atomic E-state index is 11.9. The SMILES string of the molecule is Cc1nc(Cl)c(NCCCCC(F)(F)F)nc1C. The molecule has 0 amide bonds. The predicted molar refractivity (Wildman–Crippen MR) is 64.9 cm³/mol. The molecule has 0 aliphatic carbocycles. The Kier molecular flexibility index (Phi) is 5.19. The van der Waals surface area contributed by atoms with Gasteiger partial charge in [0.1, 0.15) is 0 Å². The largest absolute Gasteiger partial charge is 0.389 e. The summed E-state index contributed by atoms with van der Waals surface area (Å²) in [5.74, 6) is 0.423. The molecule has 1 aromatic rings. The third kappa shape index (κ3) is 5.08. The molecule has 0 spiro atoms. The van der Waals surface area contributed by atoms with E-state index in [4.69, 9.17) is 11.6 Å². The van der Waals surface area contributed by atoms with E-state index in [9.17, 15) is 13.2 Å². The number of nitrogens with one attached hydrogen (secondary N) is 1. The molecule has 0 saturated carbocycles. The van der Waals surface area contributed by atoms with Gasteiger partial charge in [0.15, 0.2) is 11.0 Å². The first-order chi connectivity index (χ1) is 8.29. The fraction of sp³-hybridized carbons (Fsp3) is 0.636. The van der Waals surface area contributed by atoms with E-state index in [0.29, 0.717) is 18.8 Å². The monoisotopic (exact) mass is 281 g/mol. The van der Waals surface area contributed by atoms with Gasteiger partial charge in [-0.25, -0.2) is 9.97 Å². The summed E-state index contributed by atoms with van der Waals surface area (Å²) in [6, 6.07) is 0.